The Bertz CT molecular complexity index is 1090. The molecule has 3 heterocycles. The van der Waals surface area contributed by atoms with Gasteiger partial charge in [-0.15, -0.1) is 21.5 Å². The molecule has 0 bridgehead atoms. The number of rotatable bonds is 5. The summed E-state index contributed by atoms with van der Waals surface area (Å²) in [5.74, 6) is 1.86. The minimum atomic E-state index is -0.107. The summed E-state index contributed by atoms with van der Waals surface area (Å²) < 4.78 is 7.77. The summed E-state index contributed by atoms with van der Waals surface area (Å²) in [6.07, 6.45) is 1.65. The molecule has 3 aromatic heterocycles. The van der Waals surface area contributed by atoms with E-state index in [0.29, 0.717) is 21.4 Å². The van der Waals surface area contributed by atoms with Gasteiger partial charge in [-0.3, -0.25) is 9.36 Å². The molecule has 0 fully saturated rings. The number of aromatic amines is 1. The van der Waals surface area contributed by atoms with Crippen LogP contribution in [0, 0.1) is 0 Å². The molecule has 25 heavy (non-hydrogen) atoms. The van der Waals surface area contributed by atoms with Crippen LogP contribution < -0.4 is 10.3 Å². The van der Waals surface area contributed by atoms with Gasteiger partial charge in [0.2, 0.25) is 0 Å². The van der Waals surface area contributed by atoms with E-state index in [9.17, 15) is 4.79 Å². The fourth-order valence-corrected chi connectivity index (χ4v) is 3.91. The average molecular weight is 371 g/mol. The van der Waals surface area contributed by atoms with E-state index in [1.807, 2.05) is 40.3 Å². The van der Waals surface area contributed by atoms with Crippen LogP contribution in [0.1, 0.15) is 5.82 Å². The van der Waals surface area contributed by atoms with E-state index in [1.165, 1.54) is 23.1 Å². The lowest BCUT2D eigenvalue weighted by Gasteiger charge is -2.07. The Morgan fingerprint density at radius 1 is 1.36 bits per heavy atom. The van der Waals surface area contributed by atoms with Crippen molar-refractivity contribution in [1.29, 1.82) is 0 Å². The van der Waals surface area contributed by atoms with Gasteiger partial charge in [-0.25, -0.2) is 4.98 Å². The van der Waals surface area contributed by atoms with Crippen molar-refractivity contribution in [2.24, 2.45) is 0 Å². The number of hydrogen-bond acceptors (Lipinski definition) is 7. The quantitative estimate of drug-likeness (QED) is 0.543. The third kappa shape index (κ3) is 3.15. The zero-order valence-electron chi connectivity index (χ0n) is 13.2. The van der Waals surface area contributed by atoms with Crippen LogP contribution in [-0.2, 0) is 5.75 Å². The Kier molecular flexibility index (Phi) is 4.24. The van der Waals surface area contributed by atoms with Crippen molar-refractivity contribution >= 4 is 33.3 Å². The van der Waals surface area contributed by atoms with Crippen molar-refractivity contribution in [3.05, 3.63) is 58.2 Å². The number of aromatic nitrogens is 5. The highest BCUT2D eigenvalue weighted by molar-refractivity contribution is 7.98. The first-order valence-electron chi connectivity index (χ1n) is 7.38. The van der Waals surface area contributed by atoms with Crippen molar-refractivity contribution < 1.29 is 4.74 Å². The van der Waals surface area contributed by atoms with Crippen molar-refractivity contribution in [3.63, 3.8) is 0 Å². The van der Waals surface area contributed by atoms with Crippen molar-refractivity contribution in [3.8, 4) is 11.4 Å². The minimum Gasteiger partial charge on any atom is -0.497 e. The van der Waals surface area contributed by atoms with E-state index in [2.05, 4.69) is 20.2 Å². The summed E-state index contributed by atoms with van der Waals surface area (Å²) in [6.45, 7) is 0. The fraction of sp³-hybridized carbons (Fsp3) is 0.125. The van der Waals surface area contributed by atoms with Crippen LogP contribution in [-0.4, -0.2) is 31.8 Å². The van der Waals surface area contributed by atoms with Crippen LogP contribution in [0.3, 0.4) is 0 Å². The maximum absolute atomic E-state index is 12.0. The van der Waals surface area contributed by atoms with Gasteiger partial charge in [0.25, 0.3) is 5.56 Å². The summed E-state index contributed by atoms with van der Waals surface area (Å²) in [4.78, 5) is 19.3. The number of benzene rings is 1. The SMILES string of the molecule is COc1cccc(-n2cnnc2SCc2nc3ccsc3c(=O)[nH]2)c1. The van der Waals surface area contributed by atoms with E-state index >= 15 is 0 Å². The lowest BCUT2D eigenvalue weighted by Crippen LogP contribution is -2.09. The Balaban J connectivity index is 1.59. The number of nitrogens with zero attached hydrogens (tertiary/aromatic N) is 4. The van der Waals surface area contributed by atoms with Crippen LogP contribution >= 0.6 is 23.1 Å². The van der Waals surface area contributed by atoms with Crippen molar-refractivity contribution in [2.75, 3.05) is 7.11 Å². The Morgan fingerprint density at radius 3 is 3.16 bits per heavy atom. The molecule has 0 saturated carbocycles. The summed E-state index contributed by atoms with van der Waals surface area (Å²) >= 11 is 2.84. The second-order valence-electron chi connectivity index (χ2n) is 5.12. The number of H-pyrrole nitrogens is 1. The predicted octanol–water partition coefficient (Wildman–Crippen LogP) is 2.87. The van der Waals surface area contributed by atoms with Crippen LogP contribution in [0.15, 0.2) is 52.0 Å². The van der Waals surface area contributed by atoms with Gasteiger partial charge >= 0.3 is 0 Å². The molecule has 0 saturated heterocycles. The molecule has 0 aliphatic heterocycles. The number of ether oxygens (including phenoxy) is 1. The minimum absolute atomic E-state index is 0.107. The highest BCUT2D eigenvalue weighted by Gasteiger charge is 2.10. The van der Waals surface area contributed by atoms with E-state index in [0.717, 1.165) is 17.0 Å². The molecule has 1 aromatic carbocycles. The highest BCUT2D eigenvalue weighted by Crippen LogP contribution is 2.24. The molecule has 4 rings (SSSR count). The molecule has 4 aromatic rings. The predicted molar refractivity (Wildman–Crippen MR) is 97.7 cm³/mol. The van der Waals surface area contributed by atoms with Gasteiger partial charge in [0.05, 0.1) is 24.1 Å². The molecular weight excluding hydrogens is 358 g/mol. The normalized spacial score (nSPS) is 11.1. The van der Waals surface area contributed by atoms with Crippen molar-refractivity contribution in [2.45, 2.75) is 10.9 Å². The zero-order chi connectivity index (χ0) is 17.2. The van der Waals surface area contributed by atoms with E-state index < -0.39 is 0 Å². The van der Waals surface area contributed by atoms with Crippen molar-refractivity contribution in [1.82, 2.24) is 24.7 Å². The molecule has 1 N–H and O–H groups in total. The number of methoxy groups -OCH3 is 1. The smallest absolute Gasteiger partial charge is 0.268 e. The number of nitrogens with one attached hydrogen (secondary N) is 1. The second-order valence-corrected chi connectivity index (χ2v) is 6.98. The first kappa shape index (κ1) is 15.9. The monoisotopic (exact) mass is 371 g/mol. The summed E-state index contributed by atoms with van der Waals surface area (Å²) in [6, 6.07) is 9.50. The summed E-state index contributed by atoms with van der Waals surface area (Å²) in [5, 5.41) is 10.7. The first-order chi connectivity index (χ1) is 12.2. The molecule has 126 valence electrons. The molecule has 0 unspecified atom stereocenters. The average Bonchev–Trinajstić information content (AvgIpc) is 3.29. The molecular formula is C16H13N5O2S2. The lowest BCUT2D eigenvalue weighted by molar-refractivity contribution is 0.414. The van der Waals surface area contributed by atoms with E-state index in [-0.39, 0.29) is 5.56 Å². The summed E-state index contributed by atoms with van der Waals surface area (Å²) in [7, 11) is 1.63. The van der Waals surface area contributed by atoms with Crippen LogP contribution in [0.2, 0.25) is 0 Å². The Morgan fingerprint density at radius 2 is 2.28 bits per heavy atom. The van der Waals surface area contributed by atoms with E-state index in [4.69, 9.17) is 4.74 Å². The molecule has 9 heteroatoms. The number of thiophene rings is 1. The molecule has 0 atom stereocenters. The van der Waals surface area contributed by atoms with Gasteiger partial charge in [0, 0.05) is 6.07 Å². The van der Waals surface area contributed by atoms with Gasteiger partial charge in [0.15, 0.2) is 5.16 Å². The standard InChI is InChI=1S/C16H13N5O2S2/c1-23-11-4-2-3-10(7-11)21-9-17-20-16(21)25-8-13-18-12-5-6-24-14(12)15(22)19-13/h2-7,9H,8H2,1H3,(H,18,19,22). The number of hydrogen-bond donors (Lipinski definition) is 1. The largest absolute Gasteiger partial charge is 0.497 e. The third-order valence-electron chi connectivity index (χ3n) is 3.55. The third-order valence-corrected chi connectivity index (χ3v) is 5.41. The van der Waals surface area contributed by atoms with Gasteiger partial charge in [0.1, 0.15) is 22.6 Å². The number of fused-ring (bicyclic) bond motifs is 1. The van der Waals surface area contributed by atoms with Gasteiger partial charge in [-0.05, 0) is 23.6 Å². The molecule has 0 spiro atoms. The highest BCUT2D eigenvalue weighted by atomic mass is 32.2. The lowest BCUT2D eigenvalue weighted by atomic mass is 10.3. The summed E-state index contributed by atoms with van der Waals surface area (Å²) in [5.41, 5.74) is 1.52. The van der Waals surface area contributed by atoms with E-state index in [1.54, 1.807) is 13.4 Å². The number of thioether (sulfide) groups is 1. The topological polar surface area (TPSA) is 85.7 Å². The Hall–Kier alpha value is -2.65. The van der Waals surface area contributed by atoms with Gasteiger partial charge in [-0.2, -0.15) is 0 Å². The van der Waals surface area contributed by atoms with Crippen LogP contribution in [0.5, 0.6) is 5.75 Å². The van der Waals surface area contributed by atoms with Gasteiger partial charge < -0.3 is 9.72 Å². The van der Waals surface area contributed by atoms with Gasteiger partial charge in [-0.1, -0.05) is 17.8 Å². The molecule has 0 aliphatic carbocycles. The Labute approximate surface area is 150 Å². The second kappa shape index (κ2) is 6.69. The molecule has 0 radical (unpaired) electrons. The molecule has 0 amide bonds. The first-order valence-corrected chi connectivity index (χ1v) is 9.25. The maximum Gasteiger partial charge on any atom is 0.268 e. The van der Waals surface area contributed by atoms with Crippen LogP contribution in [0.4, 0.5) is 0 Å². The zero-order valence-corrected chi connectivity index (χ0v) is 14.8. The molecule has 0 aliphatic rings. The molecule has 7 nitrogen and oxygen atoms in total. The maximum atomic E-state index is 12.0. The van der Waals surface area contributed by atoms with Crippen LogP contribution in [0.25, 0.3) is 15.9 Å². The fourth-order valence-electron chi connectivity index (χ4n) is 2.38.